The van der Waals surface area contributed by atoms with Gasteiger partial charge in [0.1, 0.15) is 0 Å². The second-order valence-corrected chi connectivity index (χ2v) is 6.65. The maximum Gasteiger partial charge on any atom is 0.0472 e. The second kappa shape index (κ2) is 8.32. The molecule has 0 aromatic rings. The number of hydrogen-bond acceptors (Lipinski definition) is 4. The Kier molecular flexibility index (Phi) is 6.75. The van der Waals surface area contributed by atoms with Gasteiger partial charge in [0, 0.05) is 46.1 Å². The summed E-state index contributed by atoms with van der Waals surface area (Å²) in [7, 11) is 2.29. The quantitative estimate of drug-likeness (QED) is 0.772. The zero-order chi connectivity index (χ0) is 14.3. The Bertz CT molecular complexity index is 261. The highest BCUT2D eigenvalue weighted by Gasteiger charge is 2.33. The molecule has 0 spiro atoms. The summed E-state index contributed by atoms with van der Waals surface area (Å²) in [6.45, 7) is 10.6. The molecule has 4 heteroatoms. The Balaban J connectivity index is 1.82. The maximum atomic E-state index is 5.57. The molecule has 0 aliphatic carbocycles. The molecule has 1 N–H and O–H groups in total. The molecule has 2 aliphatic rings. The van der Waals surface area contributed by atoms with Gasteiger partial charge in [-0.3, -0.25) is 0 Å². The van der Waals surface area contributed by atoms with Gasteiger partial charge in [-0.1, -0.05) is 6.92 Å². The standard InChI is InChI=1S/C16H32N2O2/c1-3-17-13-16(6-10-20-11-7-16)14-18(2)12-15-4-8-19-9-5-15/h15,17H,3-14H2,1-2H3. The average molecular weight is 284 g/mol. The van der Waals surface area contributed by atoms with E-state index in [0.717, 1.165) is 45.4 Å². The first-order valence-electron chi connectivity index (χ1n) is 8.29. The molecule has 2 heterocycles. The van der Waals surface area contributed by atoms with Gasteiger partial charge in [-0.15, -0.1) is 0 Å². The summed E-state index contributed by atoms with van der Waals surface area (Å²) in [5, 5.41) is 3.57. The number of nitrogens with zero attached hydrogens (tertiary/aromatic N) is 1. The summed E-state index contributed by atoms with van der Waals surface area (Å²) in [5.74, 6) is 0.824. The molecule has 0 aromatic heterocycles. The minimum atomic E-state index is 0.411. The summed E-state index contributed by atoms with van der Waals surface area (Å²) in [6, 6.07) is 0. The van der Waals surface area contributed by atoms with Crippen LogP contribution in [-0.2, 0) is 9.47 Å². The van der Waals surface area contributed by atoms with Crippen molar-refractivity contribution in [3.63, 3.8) is 0 Å². The number of hydrogen-bond donors (Lipinski definition) is 1. The van der Waals surface area contributed by atoms with Gasteiger partial charge >= 0.3 is 0 Å². The van der Waals surface area contributed by atoms with Crippen LogP contribution in [0.4, 0.5) is 0 Å². The lowest BCUT2D eigenvalue weighted by atomic mass is 9.79. The number of nitrogens with one attached hydrogen (secondary N) is 1. The minimum Gasteiger partial charge on any atom is -0.381 e. The monoisotopic (exact) mass is 284 g/mol. The van der Waals surface area contributed by atoms with E-state index < -0.39 is 0 Å². The summed E-state index contributed by atoms with van der Waals surface area (Å²) in [5.41, 5.74) is 0.411. The fourth-order valence-corrected chi connectivity index (χ4v) is 3.59. The van der Waals surface area contributed by atoms with Gasteiger partial charge in [0.05, 0.1) is 0 Å². The van der Waals surface area contributed by atoms with Gasteiger partial charge in [-0.05, 0) is 50.6 Å². The normalized spacial score (nSPS) is 24.1. The van der Waals surface area contributed by atoms with Gasteiger partial charge in [-0.25, -0.2) is 0 Å². The molecular weight excluding hydrogens is 252 g/mol. The van der Waals surface area contributed by atoms with Crippen LogP contribution in [0.3, 0.4) is 0 Å². The SMILES string of the molecule is CCNCC1(CN(C)CC2CCOCC2)CCOCC1. The smallest absolute Gasteiger partial charge is 0.0472 e. The van der Waals surface area contributed by atoms with Crippen LogP contribution in [0, 0.1) is 11.3 Å². The average Bonchev–Trinajstić information content (AvgIpc) is 2.47. The third-order valence-corrected chi connectivity index (χ3v) is 4.82. The number of ether oxygens (including phenoxy) is 2. The van der Waals surface area contributed by atoms with E-state index in [2.05, 4.69) is 24.2 Å². The lowest BCUT2D eigenvalue weighted by molar-refractivity contribution is -0.00662. The molecule has 0 aromatic carbocycles. The number of rotatable bonds is 7. The Morgan fingerprint density at radius 1 is 1.10 bits per heavy atom. The van der Waals surface area contributed by atoms with E-state index in [1.807, 2.05) is 0 Å². The molecule has 0 atom stereocenters. The van der Waals surface area contributed by atoms with E-state index in [-0.39, 0.29) is 0 Å². The van der Waals surface area contributed by atoms with Crippen LogP contribution < -0.4 is 5.32 Å². The van der Waals surface area contributed by atoms with E-state index in [0.29, 0.717) is 5.41 Å². The summed E-state index contributed by atoms with van der Waals surface area (Å²) in [4.78, 5) is 2.55. The van der Waals surface area contributed by atoms with Crippen molar-refractivity contribution < 1.29 is 9.47 Å². The fourth-order valence-electron chi connectivity index (χ4n) is 3.59. The topological polar surface area (TPSA) is 33.7 Å². The third kappa shape index (κ3) is 4.99. The molecular formula is C16H32N2O2. The summed E-state index contributed by atoms with van der Waals surface area (Å²) >= 11 is 0. The highest BCUT2D eigenvalue weighted by Crippen LogP contribution is 2.31. The van der Waals surface area contributed by atoms with Crippen LogP contribution in [-0.4, -0.2) is 64.6 Å². The first-order valence-corrected chi connectivity index (χ1v) is 8.29. The van der Waals surface area contributed by atoms with E-state index in [1.54, 1.807) is 0 Å². The molecule has 2 fully saturated rings. The molecule has 2 saturated heterocycles. The fraction of sp³-hybridized carbons (Fsp3) is 1.00. The van der Waals surface area contributed by atoms with E-state index in [1.165, 1.54) is 38.8 Å². The molecule has 4 nitrogen and oxygen atoms in total. The van der Waals surface area contributed by atoms with Gasteiger partial charge < -0.3 is 19.7 Å². The van der Waals surface area contributed by atoms with Crippen LogP contribution >= 0.6 is 0 Å². The van der Waals surface area contributed by atoms with Crippen molar-refractivity contribution >= 4 is 0 Å². The van der Waals surface area contributed by atoms with Gasteiger partial charge in [0.2, 0.25) is 0 Å². The van der Waals surface area contributed by atoms with Crippen molar-refractivity contribution in [1.82, 2.24) is 10.2 Å². The third-order valence-electron chi connectivity index (χ3n) is 4.82. The van der Waals surface area contributed by atoms with Crippen molar-refractivity contribution in [2.45, 2.75) is 32.6 Å². The zero-order valence-electron chi connectivity index (χ0n) is 13.3. The van der Waals surface area contributed by atoms with Gasteiger partial charge in [0.15, 0.2) is 0 Å². The van der Waals surface area contributed by atoms with E-state index in [9.17, 15) is 0 Å². The van der Waals surface area contributed by atoms with Crippen molar-refractivity contribution in [2.75, 3.05) is 59.7 Å². The first-order chi connectivity index (χ1) is 9.74. The molecule has 0 saturated carbocycles. The highest BCUT2D eigenvalue weighted by atomic mass is 16.5. The summed E-state index contributed by atoms with van der Waals surface area (Å²) < 4.78 is 11.0. The van der Waals surface area contributed by atoms with E-state index >= 15 is 0 Å². The molecule has 20 heavy (non-hydrogen) atoms. The van der Waals surface area contributed by atoms with Crippen LogP contribution in [0.1, 0.15) is 32.6 Å². The van der Waals surface area contributed by atoms with Crippen molar-refractivity contribution in [1.29, 1.82) is 0 Å². The summed E-state index contributed by atoms with van der Waals surface area (Å²) in [6.07, 6.45) is 4.84. The molecule has 2 rings (SSSR count). The molecule has 0 amide bonds. The Morgan fingerprint density at radius 3 is 2.40 bits per heavy atom. The zero-order valence-corrected chi connectivity index (χ0v) is 13.3. The lowest BCUT2D eigenvalue weighted by Crippen LogP contribution is -2.47. The maximum absolute atomic E-state index is 5.57. The molecule has 118 valence electrons. The van der Waals surface area contributed by atoms with Crippen molar-refractivity contribution in [3.8, 4) is 0 Å². The van der Waals surface area contributed by atoms with Gasteiger partial charge in [0.25, 0.3) is 0 Å². The van der Waals surface area contributed by atoms with E-state index in [4.69, 9.17) is 9.47 Å². The predicted octanol–water partition coefficient (Wildman–Crippen LogP) is 1.75. The predicted molar refractivity (Wildman–Crippen MR) is 82.1 cm³/mol. The first kappa shape index (κ1) is 16.2. The Hall–Kier alpha value is -0.160. The minimum absolute atomic E-state index is 0.411. The largest absolute Gasteiger partial charge is 0.381 e. The van der Waals surface area contributed by atoms with Crippen LogP contribution in [0.2, 0.25) is 0 Å². The molecule has 0 unspecified atom stereocenters. The lowest BCUT2D eigenvalue weighted by Gasteiger charge is -2.41. The van der Waals surface area contributed by atoms with Gasteiger partial charge in [-0.2, -0.15) is 0 Å². The Labute approximate surface area is 124 Å². The molecule has 0 bridgehead atoms. The Morgan fingerprint density at radius 2 is 1.75 bits per heavy atom. The van der Waals surface area contributed by atoms with Crippen LogP contribution in [0.15, 0.2) is 0 Å². The van der Waals surface area contributed by atoms with Crippen LogP contribution in [0.5, 0.6) is 0 Å². The highest BCUT2D eigenvalue weighted by molar-refractivity contribution is 4.87. The molecule has 2 aliphatic heterocycles. The van der Waals surface area contributed by atoms with Crippen LogP contribution in [0.25, 0.3) is 0 Å². The molecule has 0 radical (unpaired) electrons. The van der Waals surface area contributed by atoms with Crippen molar-refractivity contribution in [3.05, 3.63) is 0 Å². The second-order valence-electron chi connectivity index (χ2n) is 6.65. The van der Waals surface area contributed by atoms with Crippen molar-refractivity contribution in [2.24, 2.45) is 11.3 Å².